The normalized spacial score (nSPS) is 25.8. The molecule has 6 heteroatoms. The number of nitrogen functional groups attached to an aromatic ring is 1. The smallest absolute Gasteiger partial charge is 0.148 e. The van der Waals surface area contributed by atoms with E-state index in [1.165, 1.54) is 12.8 Å². The van der Waals surface area contributed by atoms with Crippen molar-refractivity contribution in [3.8, 4) is 0 Å². The quantitative estimate of drug-likeness (QED) is 0.470. The molecule has 104 valence electrons. The van der Waals surface area contributed by atoms with E-state index < -0.39 is 0 Å². The summed E-state index contributed by atoms with van der Waals surface area (Å²) in [6.45, 7) is 2.81. The standard InChI is InChI=1S/C13H21N5O/c1-7-11(15-6-8-4-10(19)5-8)16-13(9-2-3-9)17-12(7)18-14/h8-10,19H,2-6,14H2,1H3,(H2,15,16,17,18). The van der Waals surface area contributed by atoms with E-state index in [2.05, 4.69) is 20.7 Å². The van der Waals surface area contributed by atoms with Crippen LogP contribution in [0.25, 0.3) is 0 Å². The van der Waals surface area contributed by atoms with E-state index in [9.17, 15) is 5.11 Å². The Kier molecular flexibility index (Phi) is 3.28. The molecule has 0 radical (unpaired) electrons. The first-order valence-electron chi connectivity index (χ1n) is 6.94. The number of aliphatic hydroxyl groups is 1. The molecule has 5 N–H and O–H groups in total. The molecule has 0 atom stereocenters. The maximum absolute atomic E-state index is 9.30. The predicted octanol–water partition coefficient (Wildman–Crippen LogP) is 1.13. The average Bonchev–Trinajstić information content (AvgIpc) is 3.19. The van der Waals surface area contributed by atoms with Crippen LogP contribution in [0.2, 0.25) is 0 Å². The average molecular weight is 263 g/mol. The van der Waals surface area contributed by atoms with Crippen LogP contribution in [-0.2, 0) is 0 Å². The molecule has 0 unspecified atom stereocenters. The molecule has 6 nitrogen and oxygen atoms in total. The van der Waals surface area contributed by atoms with Gasteiger partial charge in [-0.25, -0.2) is 15.8 Å². The number of nitrogens with zero attached hydrogens (tertiary/aromatic N) is 2. The van der Waals surface area contributed by atoms with E-state index in [4.69, 9.17) is 5.84 Å². The number of hydrogen-bond donors (Lipinski definition) is 4. The molecular weight excluding hydrogens is 242 g/mol. The van der Waals surface area contributed by atoms with E-state index in [0.29, 0.717) is 17.7 Å². The van der Waals surface area contributed by atoms with Crippen molar-refractivity contribution in [3.05, 3.63) is 11.4 Å². The summed E-state index contributed by atoms with van der Waals surface area (Å²) in [6.07, 6.45) is 3.99. The fourth-order valence-corrected chi connectivity index (χ4v) is 2.48. The van der Waals surface area contributed by atoms with Gasteiger partial charge in [-0.2, -0.15) is 0 Å². The zero-order valence-electron chi connectivity index (χ0n) is 11.2. The molecule has 0 aliphatic heterocycles. The Balaban J connectivity index is 1.72. The number of aromatic nitrogens is 2. The molecule has 1 heterocycles. The van der Waals surface area contributed by atoms with Crippen molar-refractivity contribution in [1.82, 2.24) is 9.97 Å². The maximum atomic E-state index is 9.30. The minimum Gasteiger partial charge on any atom is -0.393 e. The van der Waals surface area contributed by atoms with Gasteiger partial charge in [-0.1, -0.05) is 0 Å². The second-order valence-corrected chi connectivity index (χ2v) is 5.69. The first-order chi connectivity index (χ1) is 9.17. The summed E-state index contributed by atoms with van der Waals surface area (Å²) in [7, 11) is 0. The van der Waals surface area contributed by atoms with E-state index in [0.717, 1.165) is 36.6 Å². The number of anilines is 2. The van der Waals surface area contributed by atoms with Crippen LogP contribution < -0.4 is 16.6 Å². The molecule has 2 aliphatic rings. The van der Waals surface area contributed by atoms with Crippen molar-refractivity contribution in [3.63, 3.8) is 0 Å². The van der Waals surface area contributed by atoms with Crippen LogP contribution in [0.4, 0.5) is 11.6 Å². The highest BCUT2D eigenvalue weighted by Gasteiger charge is 2.29. The summed E-state index contributed by atoms with van der Waals surface area (Å²) in [5.74, 6) is 9.02. The summed E-state index contributed by atoms with van der Waals surface area (Å²) in [6, 6.07) is 0. The minimum atomic E-state index is -0.110. The van der Waals surface area contributed by atoms with Crippen LogP contribution in [0.3, 0.4) is 0 Å². The Hall–Kier alpha value is -1.40. The van der Waals surface area contributed by atoms with Gasteiger partial charge in [0.1, 0.15) is 17.5 Å². The minimum absolute atomic E-state index is 0.110. The van der Waals surface area contributed by atoms with Crippen molar-refractivity contribution < 1.29 is 5.11 Å². The van der Waals surface area contributed by atoms with E-state index >= 15 is 0 Å². The van der Waals surface area contributed by atoms with Gasteiger partial charge in [0.2, 0.25) is 0 Å². The zero-order chi connectivity index (χ0) is 13.4. The van der Waals surface area contributed by atoms with E-state index in [-0.39, 0.29) is 6.10 Å². The fraction of sp³-hybridized carbons (Fsp3) is 0.692. The number of hydrogen-bond acceptors (Lipinski definition) is 6. The Morgan fingerprint density at radius 2 is 1.95 bits per heavy atom. The molecule has 2 fully saturated rings. The fourth-order valence-electron chi connectivity index (χ4n) is 2.48. The summed E-state index contributed by atoms with van der Waals surface area (Å²) in [5.41, 5.74) is 3.60. The molecule has 1 aromatic rings. The van der Waals surface area contributed by atoms with Crippen molar-refractivity contribution in [2.24, 2.45) is 11.8 Å². The molecule has 0 amide bonds. The highest BCUT2D eigenvalue weighted by atomic mass is 16.3. The highest BCUT2D eigenvalue weighted by Crippen LogP contribution is 2.39. The summed E-state index contributed by atoms with van der Waals surface area (Å²) >= 11 is 0. The molecule has 19 heavy (non-hydrogen) atoms. The van der Waals surface area contributed by atoms with Crippen LogP contribution in [0, 0.1) is 12.8 Å². The first kappa shape index (κ1) is 12.6. The van der Waals surface area contributed by atoms with Gasteiger partial charge in [-0.15, -0.1) is 0 Å². The lowest BCUT2D eigenvalue weighted by molar-refractivity contribution is 0.0486. The molecule has 0 aromatic carbocycles. The second-order valence-electron chi connectivity index (χ2n) is 5.69. The predicted molar refractivity (Wildman–Crippen MR) is 73.8 cm³/mol. The number of aliphatic hydroxyl groups excluding tert-OH is 1. The van der Waals surface area contributed by atoms with Crippen molar-refractivity contribution in [2.45, 2.75) is 44.6 Å². The molecule has 1 aromatic heterocycles. The summed E-state index contributed by atoms with van der Waals surface area (Å²) < 4.78 is 0. The Bertz CT molecular complexity index is 468. The maximum Gasteiger partial charge on any atom is 0.148 e. The number of nitrogens with one attached hydrogen (secondary N) is 2. The van der Waals surface area contributed by atoms with Crippen molar-refractivity contribution >= 4 is 11.6 Å². The van der Waals surface area contributed by atoms with E-state index in [1.54, 1.807) is 0 Å². The van der Waals surface area contributed by atoms with Gasteiger partial charge in [-0.05, 0) is 38.5 Å². The Morgan fingerprint density at radius 3 is 2.53 bits per heavy atom. The summed E-state index contributed by atoms with van der Waals surface area (Å²) in [5, 5.41) is 12.7. The van der Waals surface area contributed by atoms with Gasteiger partial charge in [0, 0.05) is 18.0 Å². The second kappa shape index (κ2) is 4.94. The van der Waals surface area contributed by atoms with Crippen LogP contribution in [0.1, 0.15) is 43.0 Å². The number of nitrogens with two attached hydrogens (primary N) is 1. The molecule has 0 saturated heterocycles. The largest absolute Gasteiger partial charge is 0.393 e. The Labute approximate surface area is 112 Å². The van der Waals surface area contributed by atoms with Gasteiger partial charge in [0.15, 0.2) is 0 Å². The molecule has 0 spiro atoms. The third-order valence-electron chi connectivity index (χ3n) is 4.01. The molecule has 3 rings (SSSR count). The van der Waals surface area contributed by atoms with Gasteiger partial charge in [-0.3, -0.25) is 0 Å². The first-order valence-corrected chi connectivity index (χ1v) is 6.94. The molecule has 2 aliphatic carbocycles. The van der Waals surface area contributed by atoms with Gasteiger partial charge in [0.05, 0.1) is 6.10 Å². The third kappa shape index (κ3) is 2.64. The zero-order valence-corrected chi connectivity index (χ0v) is 11.2. The third-order valence-corrected chi connectivity index (χ3v) is 4.01. The molecular formula is C13H21N5O. The lowest BCUT2D eigenvalue weighted by atomic mass is 9.82. The summed E-state index contributed by atoms with van der Waals surface area (Å²) in [4.78, 5) is 9.07. The SMILES string of the molecule is Cc1c(NN)nc(C2CC2)nc1NCC1CC(O)C1. The number of hydrazine groups is 1. The van der Waals surface area contributed by atoms with Gasteiger partial charge < -0.3 is 15.8 Å². The van der Waals surface area contributed by atoms with Gasteiger partial charge in [0.25, 0.3) is 0 Å². The Morgan fingerprint density at radius 1 is 1.26 bits per heavy atom. The van der Waals surface area contributed by atoms with Crippen LogP contribution in [0.15, 0.2) is 0 Å². The van der Waals surface area contributed by atoms with E-state index in [1.807, 2.05) is 6.92 Å². The molecule has 2 saturated carbocycles. The lowest BCUT2D eigenvalue weighted by Gasteiger charge is -2.31. The van der Waals surface area contributed by atoms with Gasteiger partial charge >= 0.3 is 0 Å². The topological polar surface area (TPSA) is 96.1 Å². The van der Waals surface area contributed by atoms with Crippen molar-refractivity contribution in [2.75, 3.05) is 17.3 Å². The van der Waals surface area contributed by atoms with Crippen LogP contribution in [-0.4, -0.2) is 27.7 Å². The van der Waals surface area contributed by atoms with Crippen LogP contribution in [0.5, 0.6) is 0 Å². The van der Waals surface area contributed by atoms with Crippen molar-refractivity contribution in [1.29, 1.82) is 0 Å². The molecule has 0 bridgehead atoms. The van der Waals surface area contributed by atoms with Crippen LogP contribution >= 0.6 is 0 Å². The number of rotatable bonds is 5. The lowest BCUT2D eigenvalue weighted by Crippen LogP contribution is -2.33. The highest BCUT2D eigenvalue weighted by molar-refractivity contribution is 5.57. The monoisotopic (exact) mass is 263 g/mol.